The lowest BCUT2D eigenvalue weighted by atomic mass is 9.83. The summed E-state index contributed by atoms with van der Waals surface area (Å²) in [6, 6.07) is 8.21. The molecule has 0 aromatic carbocycles. The van der Waals surface area contributed by atoms with E-state index < -0.39 is 5.54 Å². The van der Waals surface area contributed by atoms with Gasteiger partial charge in [-0.2, -0.15) is 5.26 Å². The monoisotopic (exact) mass is 328 g/mol. The molecule has 0 aliphatic heterocycles. The maximum absolute atomic E-state index is 12.5. The highest BCUT2D eigenvalue weighted by Gasteiger charge is 2.35. The van der Waals surface area contributed by atoms with Crippen molar-refractivity contribution in [3.8, 4) is 6.07 Å². The second-order valence-electron chi connectivity index (χ2n) is 6.04. The fraction of sp³-hybridized carbons (Fsp3) is 0.471. The Kier molecular flexibility index (Phi) is 4.58. The molecule has 1 saturated carbocycles. The molecule has 3 rings (SSSR count). The van der Waals surface area contributed by atoms with E-state index in [0.717, 1.165) is 42.8 Å². The van der Waals surface area contributed by atoms with Crippen LogP contribution in [0.15, 0.2) is 35.7 Å². The van der Waals surface area contributed by atoms with Crippen LogP contribution >= 0.6 is 11.8 Å². The minimum absolute atomic E-state index is 0.0915. The molecule has 0 radical (unpaired) electrons. The minimum atomic E-state index is -0.682. The van der Waals surface area contributed by atoms with Crippen molar-refractivity contribution in [2.45, 2.75) is 55.0 Å². The Hall–Kier alpha value is -2.00. The minimum Gasteiger partial charge on any atom is -0.337 e. The molecule has 1 fully saturated rings. The van der Waals surface area contributed by atoms with Crippen molar-refractivity contribution in [3.05, 3.63) is 30.6 Å². The number of rotatable bonds is 4. The molecule has 2 heterocycles. The summed E-state index contributed by atoms with van der Waals surface area (Å²) in [5, 5.41) is 13.0. The van der Waals surface area contributed by atoms with E-state index in [-0.39, 0.29) is 11.2 Å². The lowest BCUT2D eigenvalue weighted by Crippen LogP contribution is -2.50. The molecule has 1 unspecified atom stereocenters. The molecule has 0 bridgehead atoms. The number of pyridine rings is 1. The molecule has 0 spiro atoms. The Balaban J connectivity index is 1.69. The lowest BCUT2D eigenvalue weighted by Gasteiger charge is -2.32. The number of amides is 1. The average Bonchev–Trinajstić information content (AvgIpc) is 2.99. The van der Waals surface area contributed by atoms with E-state index in [0.29, 0.717) is 0 Å². The molecule has 2 aromatic rings. The Morgan fingerprint density at radius 1 is 1.43 bits per heavy atom. The highest BCUT2D eigenvalue weighted by molar-refractivity contribution is 8.00. The van der Waals surface area contributed by atoms with Gasteiger partial charge in [0.15, 0.2) is 5.16 Å². The van der Waals surface area contributed by atoms with Crippen LogP contribution in [0.1, 0.15) is 39.0 Å². The van der Waals surface area contributed by atoms with Gasteiger partial charge in [0, 0.05) is 6.20 Å². The number of aromatic nitrogens is 2. The number of imidazole rings is 1. The van der Waals surface area contributed by atoms with Crippen LogP contribution in [0.4, 0.5) is 0 Å². The number of carbonyl (C=O) groups excluding carboxylic acids is 1. The van der Waals surface area contributed by atoms with Crippen molar-refractivity contribution in [2.24, 2.45) is 0 Å². The maximum atomic E-state index is 12.5. The number of fused-ring (bicyclic) bond motifs is 1. The normalized spacial score (nSPS) is 18.3. The Labute approximate surface area is 140 Å². The topological polar surface area (TPSA) is 70.2 Å². The number of hydrogen-bond donors (Lipinski definition) is 1. The van der Waals surface area contributed by atoms with Crippen LogP contribution in [0.3, 0.4) is 0 Å². The zero-order chi connectivity index (χ0) is 16.3. The first-order chi connectivity index (χ1) is 11.1. The molecule has 23 heavy (non-hydrogen) atoms. The van der Waals surface area contributed by atoms with E-state index in [9.17, 15) is 10.1 Å². The van der Waals surface area contributed by atoms with Gasteiger partial charge in [-0.1, -0.05) is 37.1 Å². The number of hydrogen-bond acceptors (Lipinski definition) is 4. The Bertz CT molecular complexity index is 742. The Morgan fingerprint density at radius 3 is 2.96 bits per heavy atom. The van der Waals surface area contributed by atoms with E-state index in [1.807, 2.05) is 35.7 Å². The summed E-state index contributed by atoms with van der Waals surface area (Å²) in [6.45, 7) is 1.86. The summed E-state index contributed by atoms with van der Waals surface area (Å²) < 4.78 is 1.97. The van der Waals surface area contributed by atoms with Crippen molar-refractivity contribution in [2.75, 3.05) is 0 Å². The number of nitrogens with zero attached hydrogens (tertiary/aromatic N) is 3. The quantitative estimate of drug-likeness (QED) is 0.875. The summed E-state index contributed by atoms with van der Waals surface area (Å²) in [5.74, 6) is -0.0915. The van der Waals surface area contributed by atoms with Gasteiger partial charge in [0.1, 0.15) is 5.54 Å². The predicted molar refractivity (Wildman–Crippen MR) is 90.1 cm³/mol. The molecule has 6 heteroatoms. The van der Waals surface area contributed by atoms with Gasteiger partial charge in [-0.15, -0.1) is 0 Å². The van der Waals surface area contributed by atoms with Crippen LogP contribution in [0.25, 0.3) is 5.52 Å². The number of thioether (sulfide) groups is 1. The van der Waals surface area contributed by atoms with Gasteiger partial charge in [-0.05, 0) is 31.9 Å². The number of nitriles is 1. The molecule has 1 aliphatic carbocycles. The summed E-state index contributed by atoms with van der Waals surface area (Å²) in [6.07, 6.45) is 8.38. The third kappa shape index (κ3) is 3.35. The summed E-state index contributed by atoms with van der Waals surface area (Å²) in [4.78, 5) is 16.9. The largest absolute Gasteiger partial charge is 0.337 e. The van der Waals surface area contributed by atoms with Crippen LogP contribution in [0.5, 0.6) is 0 Å². The van der Waals surface area contributed by atoms with Crippen LogP contribution in [0.2, 0.25) is 0 Å². The maximum Gasteiger partial charge on any atom is 0.234 e. The van der Waals surface area contributed by atoms with Crippen LogP contribution in [-0.2, 0) is 4.79 Å². The van der Waals surface area contributed by atoms with Gasteiger partial charge in [0.05, 0.1) is 23.0 Å². The Morgan fingerprint density at radius 2 is 2.22 bits per heavy atom. The standard InChI is InChI=1S/C17H20N4OS/c1-13(15(22)20-17(12-18)8-4-2-5-9-17)23-16-19-11-14-7-3-6-10-21(14)16/h3,6-7,10-11,13H,2,4-5,8-9H2,1H3,(H,20,22). The molecule has 5 nitrogen and oxygen atoms in total. The zero-order valence-corrected chi connectivity index (χ0v) is 14.0. The lowest BCUT2D eigenvalue weighted by molar-refractivity contribution is -0.121. The molecular formula is C17H20N4OS. The first kappa shape index (κ1) is 15.9. The third-order valence-electron chi connectivity index (χ3n) is 4.34. The number of nitrogens with one attached hydrogen (secondary N) is 1. The fourth-order valence-electron chi connectivity index (χ4n) is 2.98. The van der Waals surface area contributed by atoms with Crippen molar-refractivity contribution >= 4 is 23.2 Å². The van der Waals surface area contributed by atoms with Crippen molar-refractivity contribution < 1.29 is 4.79 Å². The van der Waals surface area contributed by atoms with E-state index in [1.54, 1.807) is 6.20 Å². The van der Waals surface area contributed by atoms with Gasteiger partial charge in [-0.25, -0.2) is 4.98 Å². The summed E-state index contributed by atoms with van der Waals surface area (Å²) in [5.41, 5.74) is 0.321. The van der Waals surface area contributed by atoms with Gasteiger partial charge >= 0.3 is 0 Å². The molecule has 1 atom stereocenters. The molecule has 1 amide bonds. The molecular weight excluding hydrogens is 308 g/mol. The predicted octanol–water partition coefficient (Wildman–Crippen LogP) is 3.16. The second-order valence-corrected chi connectivity index (χ2v) is 7.35. The van der Waals surface area contributed by atoms with E-state index in [1.165, 1.54) is 11.8 Å². The molecule has 120 valence electrons. The zero-order valence-electron chi connectivity index (χ0n) is 13.2. The van der Waals surface area contributed by atoms with E-state index in [2.05, 4.69) is 16.4 Å². The van der Waals surface area contributed by atoms with Crippen LogP contribution in [-0.4, -0.2) is 26.1 Å². The van der Waals surface area contributed by atoms with Crippen molar-refractivity contribution in [1.82, 2.24) is 14.7 Å². The highest BCUT2D eigenvalue weighted by atomic mass is 32.2. The van der Waals surface area contributed by atoms with Gasteiger partial charge in [0.2, 0.25) is 5.91 Å². The first-order valence-electron chi connectivity index (χ1n) is 7.96. The number of carbonyl (C=O) groups is 1. The molecule has 1 aliphatic rings. The third-order valence-corrected chi connectivity index (χ3v) is 5.42. The SMILES string of the molecule is CC(Sc1ncc2ccccn12)C(=O)NC1(C#N)CCCCC1. The van der Waals surface area contributed by atoms with Crippen LogP contribution in [0, 0.1) is 11.3 Å². The van der Waals surface area contributed by atoms with Gasteiger partial charge in [0.25, 0.3) is 0 Å². The van der Waals surface area contributed by atoms with Crippen molar-refractivity contribution in [1.29, 1.82) is 5.26 Å². The fourth-order valence-corrected chi connectivity index (χ4v) is 3.85. The average molecular weight is 328 g/mol. The molecule has 1 N–H and O–H groups in total. The van der Waals surface area contributed by atoms with E-state index >= 15 is 0 Å². The summed E-state index contributed by atoms with van der Waals surface area (Å²) >= 11 is 1.42. The smallest absolute Gasteiger partial charge is 0.234 e. The van der Waals surface area contributed by atoms with Gasteiger partial charge in [-0.3, -0.25) is 9.20 Å². The van der Waals surface area contributed by atoms with E-state index in [4.69, 9.17) is 0 Å². The highest BCUT2D eigenvalue weighted by Crippen LogP contribution is 2.29. The molecule has 2 aromatic heterocycles. The van der Waals surface area contributed by atoms with Crippen molar-refractivity contribution in [3.63, 3.8) is 0 Å². The summed E-state index contributed by atoms with van der Waals surface area (Å²) in [7, 11) is 0. The second kappa shape index (κ2) is 6.63. The van der Waals surface area contributed by atoms with Crippen LogP contribution < -0.4 is 5.32 Å². The van der Waals surface area contributed by atoms with Gasteiger partial charge < -0.3 is 5.32 Å². The molecule has 0 saturated heterocycles. The first-order valence-corrected chi connectivity index (χ1v) is 8.83.